The van der Waals surface area contributed by atoms with Gasteiger partial charge in [-0.3, -0.25) is 4.79 Å². The second-order valence-electron chi connectivity index (χ2n) is 5.38. The fraction of sp³-hybridized carbons (Fsp3) is 0.500. The first-order chi connectivity index (χ1) is 10.3. The van der Waals surface area contributed by atoms with Gasteiger partial charge in [0, 0.05) is 30.8 Å². The number of hydrogen-bond donors (Lipinski definition) is 4. The number of amides is 1. The summed E-state index contributed by atoms with van der Waals surface area (Å²) in [6, 6.07) is 2.35. The van der Waals surface area contributed by atoms with E-state index in [-0.39, 0.29) is 16.7 Å². The van der Waals surface area contributed by atoms with Crippen LogP contribution >= 0.6 is 23.2 Å². The second kappa shape index (κ2) is 7.02. The van der Waals surface area contributed by atoms with Crippen LogP contribution in [0.3, 0.4) is 0 Å². The third kappa shape index (κ3) is 3.47. The number of likely N-dealkylation sites (tertiary alicyclic amines) is 1. The Bertz CT molecular complexity index is 570. The number of hydrogen-bond acceptors (Lipinski definition) is 5. The molecule has 0 radical (unpaired) electrons. The molecule has 3 atom stereocenters. The monoisotopic (exact) mass is 348 g/mol. The molecule has 0 aromatic heterocycles. The van der Waals surface area contributed by atoms with E-state index in [1.807, 2.05) is 0 Å². The van der Waals surface area contributed by atoms with E-state index in [1.165, 1.54) is 17.0 Å². The average Bonchev–Trinajstić information content (AvgIpc) is 2.98. The Balaban J connectivity index is 2.11. The molecule has 6 nitrogen and oxygen atoms in total. The van der Waals surface area contributed by atoms with E-state index in [1.54, 1.807) is 0 Å². The molecule has 0 aliphatic carbocycles. The van der Waals surface area contributed by atoms with Gasteiger partial charge in [0.1, 0.15) is 5.75 Å². The van der Waals surface area contributed by atoms with Crippen molar-refractivity contribution in [2.45, 2.75) is 18.6 Å². The molecule has 1 fully saturated rings. The molecule has 2 rings (SSSR count). The standard InChI is InChI=1S/C14H18Cl2N2O4/c15-9-3-8(11(20)4-10(9)16)13(17)7-1-2-18(5-7)14(22)12(21)6-19/h3-4,7,12-13,19-21H,1-2,5-6,17H2/t7-,12?,13?/m1/s1. The Kier molecular flexibility index (Phi) is 5.52. The number of carbonyl (C=O) groups excluding carboxylic acids is 1. The molecule has 8 heteroatoms. The van der Waals surface area contributed by atoms with Crippen LogP contribution in [-0.2, 0) is 4.79 Å². The average molecular weight is 349 g/mol. The quantitative estimate of drug-likeness (QED) is 0.646. The molecule has 1 saturated heterocycles. The lowest BCUT2D eigenvalue weighted by Gasteiger charge is -2.23. The van der Waals surface area contributed by atoms with Crippen molar-refractivity contribution in [2.75, 3.05) is 19.7 Å². The highest BCUT2D eigenvalue weighted by Gasteiger charge is 2.34. The number of rotatable bonds is 4. The number of benzene rings is 1. The van der Waals surface area contributed by atoms with Gasteiger partial charge in [-0.05, 0) is 18.4 Å². The zero-order chi connectivity index (χ0) is 16.4. The molecule has 1 heterocycles. The first kappa shape index (κ1) is 17.3. The lowest BCUT2D eigenvalue weighted by Crippen LogP contribution is -2.40. The van der Waals surface area contributed by atoms with Crippen LogP contribution in [-0.4, -0.2) is 51.9 Å². The number of aliphatic hydroxyl groups is 2. The molecule has 0 spiro atoms. The Morgan fingerprint density at radius 1 is 1.41 bits per heavy atom. The van der Waals surface area contributed by atoms with Gasteiger partial charge in [-0.15, -0.1) is 0 Å². The number of nitrogens with two attached hydrogens (primary N) is 1. The van der Waals surface area contributed by atoms with Gasteiger partial charge in [-0.1, -0.05) is 23.2 Å². The molecule has 2 unspecified atom stereocenters. The number of phenolic OH excluding ortho intramolecular Hbond substituents is 1. The third-order valence-corrected chi connectivity index (χ3v) is 4.65. The maximum Gasteiger partial charge on any atom is 0.253 e. The van der Waals surface area contributed by atoms with E-state index >= 15 is 0 Å². The minimum atomic E-state index is -1.41. The van der Waals surface area contributed by atoms with Crippen LogP contribution in [0.4, 0.5) is 0 Å². The van der Waals surface area contributed by atoms with Crippen molar-refractivity contribution in [3.63, 3.8) is 0 Å². The summed E-state index contributed by atoms with van der Waals surface area (Å²) >= 11 is 11.8. The Labute approximate surface area is 138 Å². The van der Waals surface area contributed by atoms with E-state index < -0.39 is 24.7 Å². The maximum atomic E-state index is 11.8. The van der Waals surface area contributed by atoms with Gasteiger partial charge in [0.15, 0.2) is 6.10 Å². The van der Waals surface area contributed by atoms with E-state index in [9.17, 15) is 15.0 Å². The lowest BCUT2D eigenvalue weighted by molar-refractivity contribution is -0.141. The highest BCUT2D eigenvalue weighted by Crippen LogP contribution is 2.37. The summed E-state index contributed by atoms with van der Waals surface area (Å²) in [6.07, 6.45) is -0.779. The third-order valence-electron chi connectivity index (χ3n) is 3.93. The Hall–Kier alpha value is -1.05. The van der Waals surface area contributed by atoms with E-state index in [0.29, 0.717) is 30.1 Å². The number of aromatic hydroxyl groups is 1. The second-order valence-corrected chi connectivity index (χ2v) is 6.20. The largest absolute Gasteiger partial charge is 0.508 e. The van der Waals surface area contributed by atoms with Crippen molar-refractivity contribution in [1.82, 2.24) is 4.90 Å². The molecule has 1 aliphatic rings. The first-order valence-electron chi connectivity index (χ1n) is 6.86. The number of halogens is 2. The molecule has 1 aliphatic heterocycles. The molecule has 22 heavy (non-hydrogen) atoms. The summed E-state index contributed by atoms with van der Waals surface area (Å²) in [5, 5.41) is 28.7. The van der Waals surface area contributed by atoms with Crippen molar-refractivity contribution in [2.24, 2.45) is 11.7 Å². The summed E-state index contributed by atoms with van der Waals surface area (Å²) in [5.41, 5.74) is 6.65. The highest BCUT2D eigenvalue weighted by molar-refractivity contribution is 6.42. The van der Waals surface area contributed by atoms with Crippen LogP contribution in [0.2, 0.25) is 10.0 Å². The van der Waals surface area contributed by atoms with Gasteiger partial charge in [0.25, 0.3) is 5.91 Å². The van der Waals surface area contributed by atoms with Crippen LogP contribution in [0.25, 0.3) is 0 Å². The van der Waals surface area contributed by atoms with Crippen molar-refractivity contribution < 1.29 is 20.1 Å². The molecule has 5 N–H and O–H groups in total. The Morgan fingerprint density at radius 3 is 2.68 bits per heavy atom. The zero-order valence-corrected chi connectivity index (χ0v) is 13.3. The smallest absolute Gasteiger partial charge is 0.253 e. The highest BCUT2D eigenvalue weighted by atomic mass is 35.5. The summed E-state index contributed by atoms with van der Waals surface area (Å²) in [5.74, 6) is -0.643. The molecule has 1 amide bonds. The van der Waals surface area contributed by atoms with Crippen molar-refractivity contribution in [3.05, 3.63) is 27.7 Å². The van der Waals surface area contributed by atoms with Crippen LogP contribution in [0, 0.1) is 5.92 Å². The van der Waals surface area contributed by atoms with Crippen LogP contribution in [0.1, 0.15) is 18.0 Å². The summed E-state index contributed by atoms with van der Waals surface area (Å²) in [7, 11) is 0. The topological polar surface area (TPSA) is 107 Å². The van der Waals surface area contributed by atoms with Crippen LogP contribution in [0.15, 0.2) is 12.1 Å². The molecule has 122 valence electrons. The summed E-state index contributed by atoms with van der Waals surface area (Å²) in [4.78, 5) is 13.3. The first-order valence-corrected chi connectivity index (χ1v) is 7.62. The van der Waals surface area contributed by atoms with Gasteiger partial charge in [0.2, 0.25) is 0 Å². The molecule has 1 aromatic rings. The van der Waals surface area contributed by atoms with E-state index in [0.717, 1.165) is 0 Å². The fourth-order valence-electron chi connectivity index (χ4n) is 2.64. The minimum absolute atomic E-state index is 0.0398. The zero-order valence-electron chi connectivity index (χ0n) is 11.7. The van der Waals surface area contributed by atoms with Gasteiger partial charge in [-0.2, -0.15) is 0 Å². The van der Waals surface area contributed by atoms with Crippen molar-refractivity contribution >= 4 is 29.1 Å². The van der Waals surface area contributed by atoms with Crippen molar-refractivity contribution in [3.8, 4) is 5.75 Å². The van der Waals surface area contributed by atoms with Crippen molar-refractivity contribution in [1.29, 1.82) is 0 Å². The van der Waals surface area contributed by atoms with Crippen LogP contribution in [0.5, 0.6) is 5.75 Å². The van der Waals surface area contributed by atoms with Gasteiger partial charge < -0.3 is 26.0 Å². The Morgan fingerprint density at radius 2 is 2.05 bits per heavy atom. The molecular weight excluding hydrogens is 331 g/mol. The maximum absolute atomic E-state index is 11.8. The van der Waals surface area contributed by atoms with E-state index in [2.05, 4.69) is 0 Å². The van der Waals surface area contributed by atoms with Crippen LogP contribution < -0.4 is 5.73 Å². The molecule has 0 saturated carbocycles. The fourth-order valence-corrected chi connectivity index (χ4v) is 2.97. The van der Waals surface area contributed by atoms with E-state index in [4.69, 9.17) is 34.0 Å². The molecular formula is C14H18Cl2N2O4. The minimum Gasteiger partial charge on any atom is -0.508 e. The normalized spacial score (nSPS) is 21.0. The van der Waals surface area contributed by atoms with Gasteiger partial charge in [-0.25, -0.2) is 0 Å². The number of carbonyl (C=O) groups is 1. The predicted molar refractivity (Wildman–Crippen MR) is 82.8 cm³/mol. The SMILES string of the molecule is NC(c1cc(Cl)c(Cl)cc1O)[C@@H]1CCN(C(=O)C(O)CO)C1. The van der Waals surface area contributed by atoms with Gasteiger partial charge >= 0.3 is 0 Å². The summed E-state index contributed by atoms with van der Waals surface area (Å²) < 4.78 is 0. The predicted octanol–water partition coefficient (Wildman–Crippen LogP) is 0.900. The molecule has 0 bridgehead atoms. The number of nitrogens with zero attached hydrogens (tertiary/aromatic N) is 1. The summed E-state index contributed by atoms with van der Waals surface area (Å²) in [6.45, 7) is 0.173. The number of phenols is 1. The number of aliphatic hydroxyl groups excluding tert-OH is 2. The molecule has 1 aromatic carbocycles. The lowest BCUT2D eigenvalue weighted by atomic mass is 9.92. The van der Waals surface area contributed by atoms with Gasteiger partial charge in [0.05, 0.1) is 16.7 Å².